The maximum Gasteiger partial charge on any atom is 0.231 e. The molecule has 0 bridgehead atoms. The minimum absolute atomic E-state index is 0.0750. The molecule has 1 atom stereocenters. The number of hydrogen-bond acceptors (Lipinski definition) is 7. The highest BCUT2D eigenvalue weighted by molar-refractivity contribution is 5.41. The first-order chi connectivity index (χ1) is 9.75. The van der Waals surface area contributed by atoms with E-state index in [4.69, 9.17) is 5.73 Å². The Morgan fingerprint density at radius 2 is 1.81 bits per heavy atom. The predicted octanol–water partition coefficient (Wildman–Crippen LogP) is 1.51. The summed E-state index contributed by atoms with van der Waals surface area (Å²) in [6, 6.07) is 0. The van der Waals surface area contributed by atoms with Gasteiger partial charge < -0.3 is 21.1 Å². The Labute approximate surface area is 127 Å². The number of aliphatic hydroxyl groups excluding tert-OH is 1. The number of anilines is 3. The molecule has 0 aliphatic heterocycles. The molecule has 0 spiro atoms. The fourth-order valence-corrected chi connectivity index (χ4v) is 2.10. The van der Waals surface area contributed by atoms with E-state index < -0.39 is 6.10 Å². The average Bonchev–Trinajstić information content (AvgIpc) is 2.35. The lowest BCUT2D eigenvalue weighted by atomic mass is 9.89. The highest BCUT2D eigenvalue weighted by atomic mass is 16.3. The quantitative estimate of drug-likeness (QED) is 0.701. The number of nitrogens with one attached hydrogen (secondary N) is 1. The highest BCUT2D eigenvalue weighted by Gasteiger charge is 2.17. The van der Waals surface area contributed by atoms with Crippen LogP contribution in [0.2, 0.25) is 0 Å². The molecule has 0 aliphatic carbocycles. The van der Waals surface area contributed by atoms with Crippen LogP contribution in [0.4, 0.5) is 17.8 Å². The third-order valence-electron chi connectivity index (χ3n) is 3.03. The maximum atomic E-state index is 10.0. The van der Waals surface area contributed by atoms with E-state index in [1.54, 1.807) is 0 Å². The van der Waals surface area contributed by atoms with E-state index in [9.17, 15) is 5.11 Å². The molecule has 0 fully saturated rings. The SMILES string of the molecule is CCN(CC)c1nc(N)nc(NCC(O)CC(C)(C)C)n1. The largest absolute Gasteiger partial charge is 0.391 e. The Hall–Kier alpha value is -1.63. The van der Waals surface area contributed by atoms with Gasteiger partial charge in [-0.05, 0) is 25.7 Å². The molecule has 0 radical (unpaired) electrons. The van der Waals surface area contributed by atoms with Crippen LogP contribution in [0, 0.1) is 5.41 Å². The molecule has 1 rings (SSSR count). The lowest BCUT2D eigenvalue weighted by Gasteiger charge is -2.23. The van der Waals surface area contributed by atoms with Gasteiger partial charge >= 0.3 is 0 Å². The molecule has 0 saturated heterocycles. The summed E-state index contributed by atoms with van der Waals surface area (Å²) < 4.78 is 0. The maximum absolute atomic E-state index is 10.0. The van der Waals surface area contributed by atoms with Crippen LogP contribution in [-0.4, -0.2) is 45.8 Å². The van der Waals surface area contributed by atoms with Crippen molar-refractivity contribution < 1.29 is 5.11 Å². The minimum atomic E-state index is -0.458. The zero-order valence-electron chi connectivity index (χ0n) is 13.7. The second-order valence-corrected chi connectivity index (χ2v) is 6.29. The fraction of sp³-hybridized carbons (Fsp3) is 0.786. The second kappa shape index (κ2) is 7.40. The Bertz CT molecular complexity index is 442. The van der Waals surface area contributed by atoms with Crippen LogP contribution in [0.1, 0.15) is 41.0 Å². The number of nitrogen functional groups attached to an aromatic ring is 1. The van der Waals surface area contributed by atoms with Gasteiger partial charge in [0.05, 0.1) is 6.10 Å². The fourth-order valence-electron chi connectivity index (χ4n) is 2.10. The van der Waals surface area contributed by atoms with Crippen molar-refractivity contribution in [3.05, 3.63) is 0 Å². The molecule has 7 heteroatoms. The Morgan fingerprint density at radius 3 is 2.33 bits per heavy atom. The van der Waals surface area contributed by atoms with Crippen molar-refractivity contribution in [2.45, 2.75) is 47.1 Å². The van der Waals surface area contributed by atoms with E-state index in [2.05, 4.69) is 41.0 Å². The first kappa shape index (κ1) is 17.4. The Kier molecular flexibility index (Phi) is 6.14. The summed E-state index contributed by atoms with van der Waals surface area (Å²) in [5, 5.41) is 13.0. The smallest absolute Gasteiger partial charge is 0.231 e. The van der Waals surface area contributed by atoms with Gasteiger partial charge in [0.15, 0.2) is 0 Å². The number of aromatic nitrogens is 3. The van der Waals surface area contributed by atoms with Gasteiger partial charge in [-0.1, -0.05) is 20.8 Å². The normalized spacial score (nSPS) is 13.0. The van der Waals surface area contributed by atoms with Crippen LogP contribution in [0.15, 0.2) is 0 Å². The Morgan fingerprint density at radius 1 is 1.19 bits per heavy atom. The molecule has 1 aromatic rings. The number of nitrogens with zero attached hydrogens (tertiary/aromatic N) is 4. The molecule has 0 amide bonds. The van der Waals surface area contributed by atoms with Gasteiger partial charge in [-0.2, -0.15) is 15.0 Å². The van der Waals surface area contributed by atoms with Gasteiger partial charge in [0.1, 0.15) is 0 Å². The van der Waals surface area contributed by atoms with Crippen LogP contribution in [0.3, 0.4) is 0 Å². The lowest BCUT2D eigenvalue weighted by Crippen LogP contribution is -2.28. The first-order valence-corrected chi connectivity index (χ1v) is 7.43. The van der Waals surface area contributed by atoms with Crippen molar-refractivity contribution in [1.29, 1.82) is 0 Å². The topological polar surface area (TPSA) is 100 Å². The standard InChI is InChI=1S/C14H28N6O/c1-6-20(7-2)13-18-11(15)17-12(19-13)16-9-10(21)8-14(3,4)5/h10,21H,6-9H2,1-5H3,(H3,15,16,17,18,19). The molecule has 1 unspecified atom stereocenters. The van der Waals surface area contributed by atoms with Crippen LogP contribution >= 0.6 is 0 Å². The zero-order valence-corrected chi connectivity index (χ0v) is 13.7. The highest BCUT2D eigenvalue weighted by Crippen LogP contribution is 2.21. The van der Waals surface area contributed by atoms with Crippen LogP contribution in [0.25, 0.3) is 0 Å². The lowest BCUT2D eigenvalue weighted by molar-refractivity contribution is 0.132. The molecule has 1 aromatic heterocycles. The summed E-state index contributed by atoms with van der Waals surface area (Å²) in [6.45, 7) is 12.3. The van der Waals surface area contributed by atoms with Crippen molar-refractivity contribution >= 4 is 17.8 Å². The third-order valence-corrected chi connectivity index (χ3v) is 3.03. The minimum Gasteiger partial charge on any atom is -0.391 e. The van der Waals surface area contributed by atoms with E-state index in [-0.39, 0.29) is 11.4 Å². The van der Waals surface area contributed by atoms with E-state index >= 15 is 0 Å². The summed E-state index contributed by atoms with van der Waals surface area (Å²) in [6.07, 6.45) is 0.239. The van der Waals surface area contributed by atoms with Gasteiger partial charge in [-0.3, -0.25) is 0 Å². The van der Waals surface area contributed by atoms with Gasteiger partial charge in [-0.25, -0.2) is 0 Å². The van der Waals surface area contributed by atoms with Crippen LogP contribution < -0.4 is 16.0 Å². The van der Waals surface area contributed by atoms with Crippen molar-refractivity contribution in [2.75, 3.05) is 35.6 Å². The monoisotopic (exact) mass is 296 g/mol. The van der Waals surface area contributed by atoms with Crippen LogP contribution in [0.5, 0.6) is 0 Å². The molecule has 0 aromatic carbocycles. The first-order valence-electron chi connectivity index (χ1n) is 7.43. The number of hydrogen-bond donors (Lipinski definition) is 3. The summed E-state index contributed by atoms with van der Waals surface area (Å²) in [5.41, 5.74) is 5.80. The van der Waals surface area contributed by atoms with Gasteiger partial charge in [0.25, 0.3) is 0 Å². The van der Waals surface area contributed by atoms with Gasteiger partial charge in [-0.15, -0.1) is 0 Å². The average molecular weight is 296 g/mol. The number of nitrogens with two attached hydrogens (primary N) is 1. The summed E-state index contributed by atoms with van der Waals surface area (Å²) in [4.78, 5) is 14.5. The third kappa shape index (κ3) is 6.12. The number of aliphatic hydroxyl groups is 1. The zero-order chi connectivity index (χ0) is 16.0. The molecule has 21 heavy (non-hydrogen) atoms. The van der Waals surface area contributed by atoms with Crippen molar-refractivity contribution in [2.24, 2.45) is 5.41 Å². The predicted molar refractivity (Wildman–Crippen MR) is 86.4 cm³/mol. The van der Waals surface area contributed by atoms with Crippen molar-refractivity contribution in [3.63, 3.8) is 0 Å². The molecule has 4 N–H and O–H groups in total. The van der Waals surface area contributed by atoms with Crippen molar-refractivity contribution in [1.82, 2.24) is 15.0 Å². The summed E-state index contributed by atoms with van der Waals surface area (Å²) in [7, 11) is 0. The number of rotatable bonds is 7. The summed E-state index contributed by atoms with van der Waals surface area (Å²) in [5.74, 6) is 1.14. The molecule has 1 heterocycles. The van der Waals surface area contributed by atoms with E-state index in [1.165, 1.54) is 0 Å². The van der Waals surface area contributed by atoms with Gasteiger partial charge in [0, 0.05) is 19.6 Å². The molecular weight excluding hydrogens is 268 g/mol. The van der Waals surface area contributed by atoms with Crippen molar-refractivity contribution in [3.8, 4) is 0 Å². The molecule has 7 nitrogen and oxygen atoms in total. The molecular formula is C14H28N6O. The second-order valence-electron chi connectivity index (χ2n) is 6.29. The van der Waals surface area contributed by atoms with E-state index in [0.717, 1.165) is 13.1 Å². The Balaban J connectivity index is 2.71. The van der Waals surface area contributed by atoms with Gasteiger partial charge in [0.2, 0.25) is 17.8 Å². The van der Waals surface area contributed by atoms with E-state index in [0.29, 0.717) is 24.9 Å². The molecule has 120 valence electrons. The summed E-state index contributed by atoms with van der Waals surface area (Å²) >= 11 is 0. The van der Waals surface area contributed by atoms with Crippen LogP contribution in [-0.2, 0) is 0 Å². The van der Waals surface area contributed by atoms with E-state index in [1.807, 2.05) is 18.7 Å². The molecule has 0 aliphatic rings. The molecule has 0 saturated carbocycles.